The van der Waals surface area contributed by atoms with Crippen molar-refractivity contribution in [2.24, 2.45) is 0 Å². The Bertz CT molecular complexity index is 571. The van der Waals surface area contributed by atoms with Crippen molar-refractivity contribution in [1.29, 1.82) is 0 Å². The monoisotopic (exact) mass is 300 g/mol. The zero-order chi connectivity index (χ0) is 14.8. The van der Waals surface area contributed by atoms with E-state index in [1.807, 2.05) is 6.07 Å². The van der Waals surface area contributed by atoms with Gasteiger partial charge in [-0.3, -0.25) is 0 Å². The predicted octanol–water partition coefficient (Wildman–Crippen LogP) is 1.56. The van der Waals surface area contributed by atoms with Crippen LogP contribution in [0.15, 0.2) is 18.2 Å². The minimum Gasteiger partial charge on any atom is -0.373 e. The molecule has 0 heterocycles. The highest BCUT2D eigenvalue weighted by atomic mass is 32.2. The Hall–Kier alpha value is -1.14. The van der Waals surface area contributed by atoms with Crippen LogP contribution in [0.4, 0.5) is 10.1 Å². The fourth-order valence-corrected chi connectivity index (χ4v) is 2.54. The number of benzene rings is 1. The summed E-state index contributed by atoms with van der Waals surface area (Å²) < 4.78 is 36.0. The van der Waals surface area contributed by atoms with E-state index >= 15 is 0 Å². The first-order valence-corrected chi connectivity index (χ1v) is 8.81. The maximum Gasteiger partial charge on any atom is 0.149 e. The van der Waals surface area contributed by atoms with Gasteiger partial charge >= 0.3 is 0 Å². The van der Waals surface area contributed by atoms with Crippen LogP contribution in [0.5, 0.6) is 0 Å². The lowest BCUT2D eigenvalue weighted by molar-refractivity contribution is 0.601. The SMILES string of the molecule is CN(CCS(C)(=O)=O)c1cc(F)cc(CNC2CC2)c1. The third-order valence-corrected chi connectivity index (χ3v) is 4.28. The number of sulfone groups is 1. The topological polar surface area (TPSA) is 49.4 Å². The van der Waals surface area contributed by atoms with Gasteiger partial charge in [-0.1, -0.05) is 0 Å². The van der Waals surface area contributed by atoms with Gasteiger partial charge in [-0.05, 0) is 36.6 Å². The first-order valence-electron chi connectivity index (χ1n) is 6.75. The van der Waals surface area contributed by atoms with E-state index in [0.717, 1.165) is 5.56 Å². The van der Waals surface area contributed by atoms with Crippen molar-refractivity contribution in [1.82, 2.24) is 5.32 Å². The van der Waals surface area contributed by atoms with Crippen molar-refractivity contribution in [2.45, 2.75) is 25.4 Å². The van der Waals surface area contributed by atoms with Crippen molar-refractivity contribution in [2.75, 3.05) is 30.5 Å². The molecule has 1 fully saturated rings. The average molecular weight is 300 g/mol. The molecule has 1 aliphatic rings. The number of hydrogen-bond acceptors (Lipinski definition) is 4. The van der Waals surface area contributed by atoms with Gasteiger partial charge in [0.2, 0.25) is 0 Å². The standard InChI is InChI=1S/C14H21FN2O2S/c1-17(5-6-20(2,18)19)14-8-11(7-12(15)9-14)10-16-13-3-4-13/h7-9,13,16H,3-6,10H2,1-2H3. The van der Waals surface area contributed by atoms with Gasteiger partial charge in [0.05, 0.1) is 5.75 Å². The molecule has 2 rings (SSSR count). The molecule has 0 spiro atoms. The van der Waals surface area contributed by atoms with Crippen molar-refractivity contribution in [3.63, 3.8) is 0 Å². The summed E-state index contributed by atoms with van der Waals surface area (Å²) in [7, 11) is -1.23. The lowest BCUT2D eigenvalue weighted by atomic mass is 10.2. The molecule has 112 valence electrons. The average Bonchev–Trinajstić information content (AvgIpc) is 3.16. The Labute approximate surface area is 119 Å². The smallest absolute Gasteiger partial charge is 0.149 e. The fraction of sp³-hybridized carbons (Fsp3) is 0.571. The van der Waals surface area contributed by atoms with Crippen LogP contribution in [0.25, 0.3) is 0 Å². The number of hydrogen-bond donors (Lipinski definition) is 1. The summed E-state index contributed by atoms with van der Waals surface area (Å²) in [6.07, 6.45) is 3.59. The van der Waals surface area contributed by atoms with E-state index in [0.29, 0.717) is 24.8 Å². The molecule has 6 heteroatoms. The maximum absolute atomic E-state index is 13.6. The van der Waals surface area contributed by atoms with E-state index in [1.165, 1.54) is 31.2 Å². The van der Waals surface area contributed by atoms with E-state index in [-0.39, 0.29) is 11.6 Å². The highest BCUT2D eigenvalue weighted by Crippen LogP contribution is 2.21. The summed E-state index contributed by atoms with van der Waals surface area (Å²) >= 11 is 0. The zero-order valence-electron chi connectivity index (χ0n) is 11.9. The largest absolute Gasteiger partial charge is 0.373 e. The molecule has 20 heavy (non-hydrogen) atoms. The first kappa shape index (κ1) is 15.3. The van der Waals surface area contributed by atoms with Crippen molar-refractivity contribution in [3.05, 3.63) is 29.6 Å². The van der Waals surface area contributed by atoms with Gasteiger partial charge in [0, 0.05) is 38.1 Å². The number of rotatable bonds is 7. The molecule has 0 saturated heterocycles. The quantitative estimate of drug-likeness (QED) is 0.830. The molecule has 1 aromatic rings. The van der Waals surface area contributed by atoms with E-state index in [1.54, 1.807) is 11.9 Å². The molecule has 0 aromatic heterocycles. The molecule has 1 saturated carbocycles. The second kappa shape index (κ2) is 6.10. The summed E-state index contributed by atoms with van der Waals surface area (Å²) in [5, 5.41) is 3.34. The van der Waals surface area contributed by atoms with Gasteiger partial charge in [-0.25, -0.2) is 12.8 Å². The Morgan fingerprint density at radius 3 is 2.65 bits per heavy atom. The predicted molar refractivity (Wildman–Crippen MR) is 79.2 cm³/mol. The normalized spacial score (nSPS) is 15.3. The Balaban J connectivity index is 2.01. The minimum atomic E-state index is -3.01. The Morgan fingerprint density at radius 1 is 1.35 bits per heavy atom. The highest BCUT2D eigenvalue weighted by Gasteiger charge is 2.20. The van der Waals surface area contributed by atoms with E-state index in [4.69, 9.17) is 0 Å². The Kier molecular flexibility index (Phi) is 4.65. The molecule has 4 nitrogen and oxygen atoms in total. The second-order valence-corrected chi connectivity index (χ2v) is 7.78. The molecule has 0 bridgehead atoms. The third-order valence-electron chi connectivity index (χ3n) is 3.35. The van der Waals surface area contributed by atoms with E-state index in [2.05, 4.69) is 5.32 Å². The number of nitrogens with zero attached hydrogens (tertiary/aromatic N) is 1. The Morgan fingerprint density at radius 2 is 2.05 bits per heavy atom. The van der Waals surface area contributed by atoms with Gasteiger partial charge in [0.25, 0.3) is 0 Å². The number of nitrogens with one attached hydrogen (secondary N) is 1. The molecule has 0 amide bonds. The van der Waals surface area contributed by atoms with Gasteiger partial charge in [0.15, 0.2) is 0 Å². The minimum absolute atomic E-state index is 0.0651. The second-order valence-electron chi connectivity index (χ2n) is 5.52. The van der Waals surface area contributed by atoms with Crippen LogP contribution in [-0.2, 0) is 16.4 Å². The van der Waals surface area contributed by atoms with Gasteiger partial charge in [-0.15, -0.1) is 0 Å². The zero-order valence-corrected chi connectivity index (χ0v) is 12.7. The molecule has 0 radical (unpaired) electrons. The molecule has 1 N–H and O–H groups in total. The molecular weight excluding hydrogens is 279 g/mol. The fourth-order valence-electron chi connectivity index (χ4n) is 1.94. The number of halogens is 1. The van der Waals surface area contributed by atoms with Gasteiger partial charge in [-0.2, -0.15) is 0 Å². The van der Waals surface area contributed by atoms with E-state index in [9.17, 15) is 12.8 Å². The van der Waals surface area contributed by atoms with Gasteiger partial charge < -0.3 is 10.2 Å². The molecule has 1 aliphatic carbocycles. The van der Waals surface area contributed by atoms with Crippen molar-refractivity contribution >= 4 is 15.5 Å². The summed E-state index contributed by atoms with van der Waals surface area (Å²) in [5.41, 5.74) is 1.60. The molecular formula is C14H21FN2O2S. The molecule has 0 unspecified atom stereocenters. The summed E-state index contributed by atoms with van der Waals surface area (Å²) in [5.74, 6) is -0.225. The van der Waals surface area contributed by atoms with Gasteiger partial charge in [0.1, 0.15) is 15.7 Å². The first-order chi connectivity index (χ1) is 9.33. The van der Waals surface area contributed by atoms with Crippen molar-refractivity contribution < 1.29 is 12.8 Å². The van der Waals surface area contributed by atoms with Crippen LogP contribution in [0.1, 0.15) is 18.4 Å². The van der Waals surface area contributed by atoms with Crippen molar-refractivity contribution in [3.8, 4) is 0 Å². The number of anilines is 1. The van der Waals surface area contributed by atoms with Crippen LogP contribution >= 0.6 is 0 Å². The summed E-state index contributed by atoms with van der Waals surface area (Å²) in [6.45, 7) is 1.01. The highest BCUT2D eigenvalue weighted by molar-refractivity contribution is 7.90. The van der Waals surface area contributed by atoms with E-state index < -0.39 is 9.84 Å². The van der Waals surface area contributed by atoms with Crippen LogP contribution in [0.3, 0.4) is 0 Å². The lowest BCUT2D eigenvalue weighted by Gasteiger charge is -2.20. The van der Waals surface area contributed by atoms with Crippen LogP contribution in [0, 0.1) is 5.82 Å². The molecule has 0 aliphatic heterocycles. The third kappa shape index (κ3) is 5.09. The molecule has 0 atom stereocenters. The molecule has 1 aromatic carbocycles. The van der Waals surface area contributed by atoms with Crippen LogP contribution < -0.4 is 10.2 Å². The summed E-state index contributed by atoms with van der Waals surface area (Å²) in [4.78, 5) is 1.77. The lowest BCUT2D eigenvalue weighted by Crippen LogP contribution is -2.25. The van der Waals surface area contributed by atoms with Crippen LogP contribution in [0.2, 0.25) is 0 Å². The van der Waals surface area contributed by atoms with Crippen LogP contribution in [-0.4, -0.2) is 40.1 Å². The summed E-state index contributed by atoms with van der Waals surface area (Å²) in [6, 6.07) is 5.43. The maximum atomic E-state index is 13.6.